The molecule has 2 aromatic carbocycles. The van der Waals surface area contributed by atoms with Crippen LogP contribution < -0.4 is 16.0 Å². The molecule has 2 aliphatic heterocycles. The van der Waals surface area contributed by atoms with E-state index in [0.717, 1.165) is 44.0 Å². The van der Waals surface area contributed by atoms with Crippen molar-refractivity contribution in [3.05, 3.63) is 70.9 Å². The van der Waals surface area contributed by atoms with Crippen LogP contribution in [0.2, 0.25) is 0 Å². The van der Waals surface area contributed by atoms with Gasteiger partial charge in [-0.1, -0.05) is 42.5 Å². The summed E-state index contributed by atoms with van der Waals surface area (Å²) in [5.41, 5.74) is 6.21. The average molecular weight is 500 g/mol. The van der Waals surface area contributed by atoms with Gasteiger partial charge < -0.3 is 20.9 Å². The molecular formula is C30H37N5O2. The molecule has 0 unspecified atom stereocenters. The number of H-pyrrole nitrogens is 1. The molecule has 0 spiro atoms. The predicted molar refractivity (Wildman–Crippen MR) is 145 cm³/mol. The summed E-state index contributed by atoms with van der Waals surface area (Å²) >= 11 is 0. The zero-order chi connectivity index (χ0) is 25.5. The highest BCUT2D eigenvalue weighted by molar-refractivity contribution is 5.86. The zero-order valence-corrected chi connectivity index (χ0v) is 21.7. The largest absolute Gasteiger partial charge is 0.357 e. The summed E-state index contributed by atoms with van der Waals surface area (Å²) in [4.78, 5) is 32.7. The number of likely N-dealkylation sites (N-methyl/N-ethyl adjacent to an activating group) is 1. The normalized spacial score (nSPS) is 26.0. The first-order valence-electron chi connectivity index (χ1n) is 13.7. The van der Waals surface area contributed by atoms with Crippen LogP contribution in [0.15, 0.2) is 48.5 Å². The monoisotopic (exact) mass is 499 g/mol. The molecule has 7 heteroatoms. The third-order valence-corrected chi connectivity index (χ3v) is 8.74. The number of hydrogen-bond acceptors (Lipinski definition) is 4. The lowest BCUT2D eigenvalue weighted by atomic mass is 9.87. The fraction of sp³-hybridized carbons (Fsp3) is 0.467. The number of para-hydroxylation sites is 1. The van der Waals surface area contributed by atoms with Crippen LogP contribution in [-0.2, 0) is 22.4 Å². The molecule has 0 bridgehead atoms. The van der Waals surface area contributed by atoms with Gasteiger partial charge in [0.15, 0.2) is 0 Å². The van der Waals surface area contributed by atoms with Crippen molar-refractivity contribution in [1.82, 2.24) is 25.8 Å². The fourth-order valence-electron chi connectivity index (χ4n) is 6.73. The van der Waals surface area contributed by atoms with Gasteiger partial charge in [0.05, 0.1) is 24.2 Å². The molecule has 1 saturated heterocycles. The Morgan fingerprint density at radius 3 is 2.70 bits per heavy atom. The molecule has 0 radical (unpaired) electrons. The predicted octanol–water partition coefficient (Wildman–Crippen LogP) is 3.52. The molecule has 4 N–H and O–H groups in total. The Labute approximate surface area is 218 Å². The summed E-state index contributed by atoms with van der Waals surface area (Å²) < 4.78 is 0. The van der Waals surface area contributed by atoms with Gasteiger partial charge in [0.25, 0.3) is 0 Å². The number of nitrogens with one attached hydrogen (secondary N) is 4. The van der Waals surface area contributed by atoms with Crippen LogP contribution >= 0.6 is 0 Å². The molecule has 37 heavy (non-hydrogen) atoms. The molecule has 3 aromatic rings. The number of carbonyl (C=O) groups is 2. The second-order valence-corrected chi connectivity index (χ2v) is 10.9. The maximum absolute atomic E-state index is 13.8. The van der Waals surface area contributed by atoms with Gasteiger partial charge in [0.1, 0.15) is 0 Å². The van der Waals surface area contributed by atoms with Gasteiger partial charge in [-0.3, -0.25) is 14.5 Å². The van der Waals surface area contributed by atoms with E-state index in [-0.39, 0.29) is 42.0 Å². The van der Waals surface area contributed by atoms with Gasteiger partial charge >= 0.3 is 0 Å². The molecular weight excluding hydrogens is 462 g/mol. The maximum atomic E-state index is 13.8. The van der Waals surface area contributed by atoms with E-state index in [0.29, 0.717) is 6.54 Å². The summed E-state index contributed by atoms with van der Waals surface area (Å²) in [5, 5.41) is 11.0. The number of benzene rings is 2. The van der Waals surface area contributed by atoms with E-state index in [1.807, 2.05) is 6.92 Å². The summed E-state index contributed by atoms with van der Waals surface area (Å²) in [7, 11) is 1.80. The summed E-state index contributed by atoms with van der Waals surface area (Å²) in [6.07, 6.45) is 5.63. The molecule has 2 amide bonds. The van der Waals surface area contributed by atoms with Crippen molar-refractivity contribution in [3.63, 3.8) is 0 Å². The Balaban J connectivity index is 1.30. The fourth-order valence-corrected chi connectivity index (χ4v) is 6.73. The molecule has 6 rings (SSSR count). The molecule has 3 heterocycles. The highest BCUT2D eigenvalue weighted by Crippen LogP contribution is 2.42. The standard InChI is InChI=1S/C30H37N5O2/c1-18(31-2)29(36)32-20-16-23-22-11-5-6-12-25(22)33-28(23)26-14-15-27(35(26)17-20)30(37)34-24-13-7-9-19-8-3-4-10-21(19)24/h3-6,8,10-12,18,20,24,26-27,31,33H,7,9,13-17H2,1-2H3,(H,32,36)(H,34,37)/t18-,20-,24+,26+,27-/m0/s1. The van der Waals surface area contributed by atoms with Crippen molar-refractivity contribution in [1.29, 1.82) is 0 Å². The van der Waals surface area contributed by atoms with E-state index in [1.165, 1.54) is 27.8 Å². The third-order valence-electron chi connectivity index (χ3n) is 8.74. The highest BCUT2D eigenvalue weighted by Gasteiger charge is 2.44. The summed E-state index contributed by atoms with van der Waals surface area (Å²) in [6.45, 7) is 2.53. The van der Waals surface area contributed by atoms with Gasteiger partial charge in [0, 0.05) is 29.2 Å². The Kier molecular flexibility index (Phi) is 6.51. The molecule has 1 aliphatic carbocycles. The van der Waals surface area contributed by atoms with Crippen LogP contribution in [0.5, 0.6) is 0 Å². The number of aromatic nitrogens is 1. The molecule has 5 atom stereocenters. The van der Waals surface area contributed by atoms with Crippen LogP contribution in [0.1, 0.15) is 67.1 Å². The van der Waals surface area contributed by atoms with Gasteiger partial charge in [0.2, 0.25) is 11.8 Å². The van der Waals surface area contributed by atoms with Crippen molar-refractivity contribution >= 4 is 22.7 Å². The number of amides is 2. The number of carbonyl (C=O) groups excluding carboxylic acids is 2. The van der Waals surface area contributed by atoms with E-state index in [9.17, 15) is 9.59 Å². The molecule has 194 valence electrons. The van der Waals surface area contributed by atoms with Gasteiger partial charge in [-0.25, -0.2) is 0 Å². The van der Waals surface area contributed by atoms with E-state index in [4.69, 9.17) is 0 Å². The summed E-state index contributed by atoms with van der Waals surface area (Å²) in [6, 6.07) is 16.6. The lowest BCUT2D eigenvalue weighted by Crippen LogP contribution is -2.52. The number of aromatic amines is 1. The minimum absolute atomic E-state index is 0.00801. The topological polar surface area (TPSA) is 89.3 Å². The van der Waals surface area contributed by atoms with Crippen LogP contribution in [0, 0.1) is 0 Å². The maximum Gasteiger partial charge on any atom is 0.237 e. The molecule has 0 saturated carbocycles. The molecule has 1 fully saturated rings. The minimum Gasteiger partial charge on any atom is -0.357 e. The van der Waals surface area contributed by atoms with Crippen molar-refractivity contribution in [2.45, 2.75) is 75.7 Å². The number of fused-ring (bicyclic) bond motifs is 6. The van der Waals surface area contributed by atoms with Crippen molar-refractivity contribution in [2.75, 3.05) is 13.6 Å². The Morgan fingerprint density at radius 2 is 1.84 bits per heavy atom. The molecule has 1 aromatic heterocycles. The first-order chi connectivity index (χ1) is 18.0. The summed E-state index contributed by atoms with van der Waals surface area (Å²) in [5.74, 6) is 0.101. The average Bonchev–Trinajstić information content (AvgIpc) is 3.46. The van der Waals surface area contributed by atoms with Crippen LogP contribution in [-0.4, -0.2) is 53.4 Å². The van der Waals surface area contributed by atoms with Crippen LogP contribution in [0.4, 0.5) is 0 Å². The Hall–Kier alpha value is -3.16. The van der Waals surface area contributed by atoms with E-state index in [2.05, 4.69) is 74.4 Å². The van der Waals surface area contributed by atoms with Gasteiger partial charge in [-0.15, -0.1) is 0 Å². The number of nitrogens with zero attached hydrogens (tertiary/aromatic N) is 1. The van der Waals surface area contributed by atoms with E-state index in [1.54, 1.807) is 7.05 Å². The van der Waals surface area contributed by atoms with Crippen LogP contribution in [0.25, 0.3) is 10.9 Å². The molecule has 7 nitrogen and oxygen atoms in total. The van der Waals surface area contributed by atoms with Gasteiger partial charge in [-0.2, -0.15) is 0 Å². The SMILES string of the molecule is CN[C@@H](C)C(=O)N[C@H]1Cc2c([nH]c3ccccc23)[C@H]2CC[C@@H](C(=O)N[C@@H]3CCCc4ccccc43)N2C1. The van der Waals surface area contributed by atoms with E-state index >= 15 is 0 Å². The molecule has 3 aliphatic rings. The van der Waals surface area contributed by atoms with Crippen LogP contribution in [0.3, 0.4) is 0 Å². The number of aryl methyl sites for hydroxylation is 1. The Morgan fingerprint density at radius 1 is 1.03 bits per heavy atom. The second-order valence-electron chi connectivity index (χ2n) is 10.9. The van der Waals surface area contributed by atoms with Crippen molar-refractivity contribution < 1.29 is 9.59 Å². The Bertz CT molecular complexity index is 1320. The van der Waals surface area contributed by atoms with Crippen molar-refractivity contribution in [2.24, 2.45) is 0 Å². The lowest BCUT2D eigenvalue weighted by molar-refractivity contribution is -0.127. The highest BCUT2D eigenvalue weighted by atomic mass is 16.2. The first-order valence-corrected chi connectivity index (χ1v) is 13.7. The van der Waals surface area contributed by atoms with E-state index < -0.39 is 0 Å². The lowest BCUT2D eigenvalue weighted by Gasteiger charge is -2.33. The van der Waals surface area contributed by atoms with Crippen molar-refractivity contribution in [3.8, 4) is 0 Å². The second kappa shape index (κ2) is 9.95. The third kappa shape index (κ3) is 4.44. The quantitative estimate of drug-likeness (QED) is 0.433. The smallest absolute Gasteiger partial charge is 0.237 e. The number of rotatable bonds is 5. The zero-order valence-electron chi connectivity index (χ0n) is 21.7. The minimum atomic E-state index is -0.273. The number of hydrogen-bond donors (Lipinski definition) is 4. The van der Waals surface area contributed by atoms with Gasteiger partial charge in [-0.05, 0) is 75.3 Å². The first kappa shape index (κ1) is 24.2.